The van der Waals surface area contributed by atoms with Gasteiger partial charge in [0.05, 0.1) is 21.7 Å². The van der Waals surface area contributed by atoms with Gasteiger partial charge in [0, 0.05) is 10.4 Å². The van der Waals surface area contributed by atoms with Crippen molar-refractivity contribution >= 4 is 49.7 Å². The van der Waals surface area contributed by atoms with Gasteiger partial charge in [-0.15, -0.1) is 11.3 Å². The van der Waals surface area contributed by atoms with Crippen LogP contribution >= 0.6 is 23.6 Å². The van der Waals surface area contributed by atoms with E-state index in [0.717, 1.165) is 36.1 Å². The number of nitrogens with one attached hydrogen (secondary N) is 2. The van der Waals surface area contributed by atoms with Crippen molar-refractivity contribution in [2.45, 2.75) is 44.4 Å². The van der Waals surface area contributed by atoms with E-state index in [1.807, 2.05) is 0 Å². The van der Waals surface area contributed by atoms with E-state index >= 15 is 0 Å². The zero-order valence-electron chi connectivity index (χ0n) is 17.4. The molecule has 2 N–H and O–H groups in total. The van der Waals surface area contributed by atoms with E-state index in [4.69, 9.17) is 16.7 Å². The van der Waals surface area contributed by atoms with E-state index in [9.17, 15) is 13.2 Å². The maximum atomic E-state index is 13.4. The number of hydrogen-bond acceptors (Lipinski definition) is 7. The minimum Gasteiger partial charge on any atom is -0.337 e. The summed E-state index contributed by atoms with van der Waals surface area (Å²) in [6.07, 6.45) is 4.07. The molecule has 3 heterocycles. The molecule has 0 radical (unpaired) electrons. The summed E-state index contributed by atoms with van der Waals surface area (Å²) in [6, 6.07) is 6.01. The number of nitrogens with zero attached hydrogens (tertiary/aromatic N) is 2. The number of thiophene rings is 1. The first-order valence-electron chi connectivity index (χ1n) is 10.1. The number of fused-ring (bicyclic) bond motifs is 3. The maximum absolute atomic E-state index is 13.4. The van der Waals surface area contributed by atoms with Crippen LogP contribution in [0, 0.1) is 18.6 Å². The third-order valence-electron chi connectivity index (χ3n) is 5.80. The summed E-state index contributed by atoms with van der Waals surface area (Å²) >= 11 is 7.07. The molecule has 5 rings (SSSR count). The first-order valence-corrected chi connectivity index (χ1v) is 12.8. The zero-order valence-corrected chi connectivity index (χ0v) is 19.8. The molecular weight excluding hydrogens is 468 g/mol. The molecule has 8 nitrogen and oxygen atoms in total. The molecule has 0 bridgehead atoms. The summed E-state index contributed by atoms with van der Waals surface area (Å²) in [7, 11) is -3.88. The predicted octanol–water partition coefficient (Wildman–Crippen LogP) is 4.39. The standard InChI is InChI=1S/C21H20N4O4S3/c1-11-12(2)23-29-18(11)24-32(27,28)14-9-7-13(8-10-14)25-20(26)17-15-5-3-4-6-16(15)31-19(17)22-21(25)30/h7-10,24H,3-6H2,1-2H3,(H,22,30). The van der Waals surface area contributed by atoms with Crippen LogP contribution in [0.5, 0.6) is 0 Å². The summed E-state index contributed by atoms with van der Waals surface area (Å²) < 4.78 is 34.7. The Bertz CT molecular complexity index is 1570. The fourth-order valence-electron chi connectivity index (χ4n) is 3.94. The molecule has 0 amide bonds. The Labute approximate surface area is 192 Å². The average Bonchev–Trinajstić information content (AvgIpc) is 3.28. The van der Waals surface area contributed by atoms with Gasteiger partial charge in [0.15, 0.2) is 4.77 Å². The number of aryl methyl sites for hydroxylation is 3. The first kappa shape index (κ1) is 21.1. The van der Waals surface area contributed by atoms with Crippen LogP contribution in [-0.4, -0.2) is 23.1 Å². The molecule has 0 atom stereocenters. The SMILES string of the molecule is Cc1noc(NS(=O)(=O)c2ccc(-n3c(=S)[nH]c4sc5c(c4c3=O)CCCC5)cc2)c1C. The van der Waals surface area contributed by atoms with E-state index < -0.39 is 10.0 Å². The van der Waals surface area contributed by atoms with Crippen LogP contribution in [0.4, 0.5) is 5.88 Å². The van der Waals surface area contributed by atoms with Crippen molar-refractivity contribution in [2.75, 3.05) is 4.72 Å². The van der Waals surface area contributed by atoms with Crippen LogP contribution in [-0.2, 0) is 22.9 Å². The number of aromatic nitrogens is 3. The number of rotatable bonds is 4. The molecule has 0 aliphatic heterocycles. The second-order valence-electron chi connectivity index (χ2n) is 7.81. The number of aromatic amines is 1. The fraction of sp³-hybridized carbons (Fsp3) is 0.286. The van der Waals surface area contributed by atoms with Gasteiger partial charge in [-0.05, 0) is 81.6 Å². The highest BCUT2D eigenvalue weighted by atomic mass is 32.2. The van der Waals surface area contributed by atoms with Gasteiger partial charge in [0.1, 0.15) is 4.83 Å². The van der Waals surface area contributed by atoms with Crippen LogP contribution in [0.1, 0.15) is 34.5 Å². The quantitative estimate of drug-likeness (QED) is 0.412. The summed E-state index contributed by atoms with van der Waals surface area (Å²) in [6.45, 7) is 3.45. The highest BCUT2D eigenvalue weighted by Gasteiger charge is 2.22. The molecule has 0 unspecified atom stereocenters. The van der Waals surface area contributed by atoms with Crippen LogP contribution < -0.4 is 10.3 Å². The van der Waals surface area contributed by atoms with E-state index in [0.29, 0.717) is 22.3 Å². The third-order valence-corrected chi connectivity index (χ3v) is 8.64. The molecule has 3 aromatic heterocycles. The number of hydrogen-bond donors (Lipinski definition) is 2. The lowest BCUT2D eigenvalue weighted by atomic mass is 9.97. The number of H-pyrrole nitrogens is 1. The van der Waals surface area contributed by atoms with Gasteiger partial charge >= 0.3 is 0 Å². The second kappa shape index (κ2) is 7.68. The highest BCUT2D eigenvalue weighted by Crippen LogP contribution is 2.33. The van der Waals surface area contributed by atoms with Crippen LogP contribution in [0.3, 0.4) is 0 Å². The molecule has 0 saturated carbocycles. The lowest BCUT2D eigenvalue weighted by Gasteiger charge is -2.11. The maximum Gasteiger partial charge on any atom is 0.267 e. The number of sulfonamides is 1. The molecule has 4 aromatic rings. The molecule has 32 heavy (non-hydrogen) atoms. The third kappa shape index (κ3) is 3.40. The molecular formula is C21H20N4O4S3. The van der Waals surface area contributed by atoms with Gasteiger partial charge in [0.2, 0.25) is 5.88 Å². The molecule has 11 heteroatoms. The van der Waals surface area contributed by atoms with Gasteiger partial charge in [-0.25, -0.2) is 13.1 Å². The Morgan fingerprint density at radius 3 is 2.59 bits per heavy atom. The molecule has 0 spiro atoms. The first-order chi connectivity index (χ1) is 15.3. The summed E-state index contributed by atoms with van der Waals surface area (Å²) in [5.41, 5.74) is 2.67. The predicted molar refractivity (Wildman–Crippen MR) is 126 cm³/mol. The Kier molecular flexibility index (Phi) is 5.06. The second-order valence-corrected chi connectivity index (χ2v) is 11.0. The minimum atomic E-state index is -3.88. The van der Waals surface area contributed by atoms with E-state index in [1.165, 1.54) is 21.6 Å². The summed E-state index contributed by atoms with van der Waals surface area (Å²) in [5.74, 6) is 0.0814. The van der Waals surface area contributed by atoms with E-state index in [2.05, 4.69) is 14.9 Å². The molecule has 1 aliphatic rings. The van der Waals surface area contributed by atoms with Gasteiger partial charge in [-0.2, -0.15) is 0 Å². The lowest BCUT2D eigenvalue weighted by Crippen LogP contribution is -2.21. The highest BCUT2D eigenvalue weighted by molar-refractivity contribution is 7.92. The normalized spacial score (nSPS) is 13.9. The fourth-order valence-corrected chi connectivity index (χ4v) is 6.62. The van der Waals surface area contributed by atoms with Gasteiger partial charge < -0.3 is 9.51 Å². The number of anilines is 1. The Hall–Kier alpha value is -2.76. The van der Waals surface area contributed by atoms with Gasteiger partial charge in [-0.1, -0.05) is 5.16 Å². The summed E-state index contributed by atoms with van der Waals surface area (Å²) in [4.78, 5) is 18.7. The lowest BCUT2D eigenvalue weighted by molar-refractivity contribution is 0.430. The van der Waals surface area contributed by atoms with Crippen molar-refractivity contribution in [3.63, 3.8) is 0 Å². The van der Waals surface area contributed by atoms with E-state index in [1.54, 1.807) is 37.3 Å². The van der Waals surface area contributed by atoms with Crippen molar-refractivity contribution in [1.29, 1.82) is 0 Å². The van der Waals surface area contributed by atoms with E-state index in [-0.39, 0.29) is 21.1 Å². The Morgan fingerprint density at radius 1 is 1.19 bits per heavy atom. The minimum absolute atomic E-state index is 0.0339. The number of benzene rings is 1. The zero-order chi connectivity index (χ0) is 22.6. The van der Waals surface area contributed by atoms with Crippen molar-refractivity contribution in [3.8, 4) is 5.69 Å². The average molecular weight is 489 g/mol. The molecule has 166 valence electrons. The van der Waals surface area contributed by atoms with Crippen molar-refractivity contribution in [1.82, 2.24) is 14.7 Å². The largest absolute Gasteiger partial charge is 0.337 e. The van der Waals surface area contributed by atoms with Gasteiger partial charge in [0.25, 0.3) is 15.6 Å². The molecule has 0 fully saturated rings. The topological polar surface area (TPSA) is 110 Å². The molecule has 1 aliphatic carbocycles. The van der Waals surface area contributed by atoms with Crippen molar-refractivity contribution < 1.29 is 12.9 Å². The Morgan fingerprint density at radius 2 is 1.91 bits per heavy atom. The Balaban J connectivity index is 1.55. The van der Waals surface area contributed by atoms with Crippen molar-refractivity contribution in [2.24, 2.45) is 0 Å². The smallest absolute Gasteiger partial charge is 0.267 e. The molecule has 1 aromatic carbocycles. The summed E-state index contributed by atoms with van der Waals surface area (Å²) in [5, 5.41) is 4.45. The van der Waals surface area contributed by atoms with Crippen LogP contribution in [0.25, 0.3) is 15.9 Å². The molecule has 0 saturated heterocycles. The van der Waals surface area contributed by atoms with Crippen LogP contribution in [0.2, 0.25) is 0 Å². The van der Waals surface area contributed by atoms with Crippen LogP contribution in [0.15, 0.2) is 38.5 Å². The monoisotopic (exact) mass is 488 g/mol. The van der Waals surface area contributed by atoms with Gasteiger partial charge in [-0.3, -0.25) is 9.36 Å². The van der Waals surface area contributed by atoms with Crippen molar-refractivity contribution in [3.05, 3.63) is 61.1 Å².